The molecule has 0 radical (unpaired) electrons. The van der Waals surface area contributed by atoms with E-state index in [1.54, 1.807) is 43.6 Å². The highest BCUT2D eigenvalue weighted by atomic mass is 35.5. The maximum absolute atomic E-state index is 12.9. The Kier molecular flexibility index (Phi) is 8.57. The van der Waals surface area contributed by atoms with Crippen LogP contribution in [0.1, 0.15) is 43.9 Å². The maximum Gasteiger partial charge on any atom is 0.358 e. The Hall–Kier alpha value is -5.07. The minimum absolute atomic E-state index is 0.0474. The Morgan fingerprint density at radius 3 is 2.50 bits per heavy atom. The van der Waals surface area contributed by atoms with E-state index in [4.69, 9.17) is 25.8 Å². The highest BCUT2D eigenvalue weighted by molar-refractivity contribution is 7.23. The number of fused-ring (bicyclic) bond motifs is 3. The van der Waals surface area contributed by atoms with Crippen molar-refractivity contribution < 1.29 is 23.8 Å². The second-order valence-electron chi connectivity index (χ2n) is 11.3. The highest BCUT2D eigenvalue weighted by Gasteiger charge is 2.24. The number of alkyl halides is 1. The molecular formula is C33H31ClN6O5S. The summed E-state index contributed by atoms with van der Waals surface area (Å²) in [5.41, 5.74) is 6.82. The molecule has 2 amide bonds. The van der Waals surface area contributed by atoms with Gasteiger partial charge in [0.25, 0.3) is 0 Å². The standard InChI is InChI=1S/C33H31ClN6O5S/c1-5-43-30(41)26-18-39-27-14-13-24(16-28(27)46-32(39)36-26)45-22-11-9-21(10-12-22)35-31(42)38-40-17-25(29(37-40)33(2,3)4)20-7-6-8-23(15-20)44-19-34/h6-18H,5,19H2,1-4H3,(H2,35,38,42). The van der Waals surface area contributed by atoms with Crippen LogP contribution in [0.4, 0.5) is 10.5 Å². The third kappa shape index (κ3) is 6.63. The SMILES string of the molecule is CCOC(=O)c1cn2c(n1)sc1cc(Oc3ccc(NC(=O)Nn4cc(-c5cccc(OCCl)c5)c(C(C)(C)C)n4)cc3)ccc12. The van der Waals surface area contributed by atoms with Gasteiger partial charge >= 0.3 is 12.0 Å². The van der Waals surface area contributed by atoms with Crippen LogP contribution in [0, 0.1) is 0 Å². The van der Waals surface area contributed by atoms with Crippen LogP contribution in [0.3, 0.4) is 0 Å². The van der Waals surface area contributed by atoms with Gasteiger partial charge in [0.2, 0.25) is 0 Å². The summed E-state index contributed by atoms with van der Waals surface area (Å²) in [6.45, 7) is 8.24. The van der Waals surface area contributed by atoms with Gasteiger partial charge in [0.05, 0.1) is 28.7 Å². The van der Waals surface area contributed by atoms with Crippen molar-refractivity contribution in [1.82, 2.24) is 19.3 Å². The summed E-state index contributed by atoms with van der Waals surface area (Å²) in [4.78, 5) is 31.4. The molecule has 0 saturated carbocycles. The summed E-state index contributed by atoms with van der Waals surface area (Å²) in [5.74, 6) is 1.45. The molecule has 13 heteroatoms. The molecule has 0 unspecified atom stereocenters. The van der Waals surface area contributed by atoms with Crippen molar-refractivity contribution >= 4 is 55.8 Å². The minimum atomic E-state index is -0.457. The molecule has 3 aromatic carbocycles. The van der Waals surface area contributed by atoms with Crippen molar-refractivity contribution in [3.63, 3.8) is 0 Å². The van der Waals surface area contributed by atoms with Crippen LogP contribution in [0.15, 0.2) is 79.1 Å². The van der Waals surface area contributed by atoms with Gasteiger partial charge < -0.3 is 19.5 Å². The lowest BCUT2D eigenvalue weighted by Crippen LogP contribution is -2.28. The zero-order chi connectivity index (χ0) is 32.4. The van der Waals surface area contributed by atoms with Crippen LogP contribution in [0.25, 0.3) is 26.3 Å². The number of urea groups is 1. The van der Waals surface area contributed by atoms with E-state index in [1.165, 1.54) is 16.1 Å². The minimum Gasteiger partial charge on any atom is -0.478 e. The predicted octanol–water partition coefficient (Wildman–Crippen LogP) is 8.03. The molecule has 11 nitrogen and oxygen atoms in total. The molecule has 0 aliphatic heterocycles. The van der Waals surface area contributed by atoms with Gasteiger partial charge in [-0.3, -0.25) is 4.40 Å². The first-order valence-corrected chi connectivity index (χ1v) is 15.8. The number of nitrogens with one attached hydrogen (secondary N) is 2. The Balaban J connectivity index is 1.11. The van der Waals surface area contributed by atoms with Crippen molar-refractivity contribution in [2.75, 3.05) is 23.4 Å². The molecule has 2 N–H and O–H groups in total. The fraction of sp³-hybridized carbons (Fsp3) is 0.212. The van der Waals surface area contributed by atoms with Gasteiger partial charge in [-0.25, -0.2) is 20.0 Å². The molecule has 6 rings (SSSR count). The summed E-state index contributed by atoms with van der Waals surface area (Å²) in [6, 6.07) is 19.9. The zero-order valence-electron chi connectivity index (χ0n) is 25.5. The number of anilines is 1. The van der Waals surface area contributed by atoms with Crippen molar-refractivity contribution in [2.45, 2.75) is 33.1 Å². The number of aromatic nitrogens is 4. The van der Waals surface area contributed by atoms with E-state index in [2.05, 4.69) is 41.6 Å². The number of halogens is 1. The summed E-state index contributed by atoms with van der Waals surface area (Å²) in [6.07, 6.45) is 3.46. The Bertz CT molecular complexity index is 2040. The summed E-state index contributed by atoms with van der Waals surface area (Å²) in [5, 5.41) is 7.49. The van der Waals surface area contributed by atoms with Gasteiger partial charge in [0, 0.05) is 28.9 Å². The molecule has 236 valence electrons. The van der Waals surface area contributed by atoms with E-state index in [9.17, 15) is 9.59 Å². The van der Waals surface area contributed by atoms with Gasteiger partial charge in [0.15, 0.2) is 16.7 Å². The predicted molar refractivity (Wildman–Crippen MR) is 179 cm³/mol. The molecule has 6 aromatic rings. The van der Waals surface area contributed by atoms with E-state index in [-0.39, 0.29) is 17.2 Å². The van der Waals surface area contributed by atoms with Gasteiger partial charge in [-0.15, -0.1) is 0 Å². The number of thiazole rings is 1. The summed E-state index contributed by atoms with van der Waals surface area (Å²) < 4.78 is 19.4. The molecule has 3 heterocycles. The number of hydrogen-bond donors (Lipinski definition) is 2. The van der Waals surface area contributed by atoms with E-state index in [0.29, 0.717) is 34.5 Å². The molecule has 0 fully saturated rings. The number of hydrogen-bond acceptors (Lipinski definition) is 8. The number of amides is 2. The number of benzene rings is 3. The van der Waals surface area contributed by atoms with E-state index in [1.807, 2.05) is 46.9 Å². The summed E-state index contributed by atoms with van der Waals surface area (Å²) >= 11 is 7.19. The largest absolute Gasteiger partial charge is 0.478 e. The number of carbonyl (C=O) groups excluding carboxylic acids is 2. The topological polar surface area (TPSA) is 121 Å². The number of ether oxygens (including phenoxy) is 3. The van der Waals surface area contributed by atoms with Gasteiger partial charge in [-0.05, 0) is 61.0 Å². The molecule has 0 spiro atoms. The van der Waals surface area contributed by atoms with E-state index >= 15 is 0 Å². The van der Waals surface area contributed by atoms with Crippen LogP contribution in [0.5, 0.6) is 17.2 Å². The number of carbonyl (C=O) groups is 2. The fourth-order valence-electron chi connectivity index (χ4n) is 4.87. The Labute approximate surface area is 273 Å². The van der Waals surface area contributed by atoms with Crippen LogP contribution >= 0.6 is 22.9 Å². The van der Waals surface area contributed by atoms with Crippen LogP contribution in [0.2, 0.25) is 0 Å². The van der Waals surface area contributed by atoms with Crippen molar-refractivity contribution in [3.8, 4) is 28.4 Å². The fourth-order valence-corrected chi connectivity index (χ4v) is 6.03. The number of esters is 1. The monoisotopic (exact) mass is 658 g/mol. The smallest absolute Gasteiger partial charge is 0.358 e. The van der Waals surface area contributed by atoms with Gasteiger partial charge in [0.1, 0.15) is 17.2 Å². The lowest BCUT2D eigenvalue weighted by molar-refractivity contribution is 0.0520. The third-order valence-electron chi connectivity index (χ3n) is 6.91. The van der Waals surface area contributed by atoms with Crippen LogP contribution < -0.4 is 20.2 Å². The third-order valence-corrected chi connectivity index (χ3v) is 8.03. The average molecular weight is 659 g/mol. The maximum atomic E-state index is 12.9. The zero-order valence-corrected chi connectivity index (χ0v) is 27.1. The highest BCUT2D eigenvalue weighted by Crippen LogP contribution is 2.34. The Morgan fingerprint density at radius 2 is 1.76 bits per heavy atom. The van der Waals surface area contributed by atoms with Gasteiger partial charge in [-0.2, -0.15) is 9.89 Å². The molecule has 0 aliphatic carbocycles. The van der Waals surface area contributed by atoms with Crippen LogP contribution in [-0.2, 0) is 10.2 Å². The number of rotatable bonds is 9. The van der Waals surface area contributed by atoms with Gasteiger partial charge in [-0.1, -0.05) is 55.8 Å². The van der Waals surface area contributed by atoms with Crippen LogP contribution in [-0.4, -0.2) is 43.9 Å². The second kappa shape index (κ2) is 12.7. The number of imidazole rings is 1. The number of nitrogens with zero attached hydrogens (tertiary/aromatic N) is 4. The molecule has 0 aliphatic rings. The molecule has 0 atom stereocenters. The second-order valence-corrected chi connectivity index (χ2v) is 12.5. The van der Waals surface area contributed by atoms with Crippen molar-refractivity contribution in [2.24, 2.45) is 0 Å². The molecule has 0 saturated heterocycles. The molecule has 46 heavy (non-hydrogen) atoms. The molecule has 3 aromatic heterocycles. The van der Waals surface area contributed by atoms with E-state index in [0.717, 1.165) is 27.0 Å². The van der Waals surface area contributed by atoms with E-state index < -0.39 is 12.0 Å². The van der Waals surface area contributed by atoms with Crippen molar-refractivity contribution in [1.29, 1.82) is 0 Å². The molecule has 0 bridgehead atoms. The lowest BCUT2D eigenvalue weighted by atomic mass is 9.87. The Morgan fingerprint density at radius 1 is 0.978 bits per heavy atom. The first-order chi connectivity index (χ1) is 22.1. The average Bonchev–Trinajstić information content (AvgIpc) is 3.72. The van der Waals surface area contributed by atoms with Crippen molar-refractivity contribution in [3.05, 3.63) is 90.5 Å². The lowest BCUT2D eigenvalue weighted by Gasteiger charge is -2.17. The first kappa shape index (κ1) is 30.9. The summed E-state index contributed by atoms with van der Waals surface area (Å²) in [7, 11) is 0. The quantitative estimate of drug-likeness (QED) is 0.119. The molecular weight excluding hydrogens is 628 g/mol. The first-order valence-electron chi connectivity index (χ1n) is 14.5. The normalized spacial score (nSPS) is 11.5.